The van der Waals surface area contributed by atoms with Crippen molar-refractivity contribution >= 4 is 5.97 Å². The van der Waals surface area contributed by atoms with Gasteiger partial charge in [0.15, 0.2) is 12.1 Å². The second kappa shape index (κ2) is 10.2. The maximum atomic E-state index is 12.9. The molecule has 0 unspecified atom stereocenters. The fourth-order valence-electron chi connectivity index (χ4n) is 14.3. The van der Waals surface area contributed by atoms with E-state index in [0.29, 0.717) is 6.42 Å². The zero-order valence-electron chi connectivity index (χ0n) is 29.8. The molecule has 3 spiro atoms. The molecule has 8 aliphatic rings. The predicted octanol–water partition coefficient (Wildman–Crippen LogP) is 2.66. The molecule has 48 heavy (non-hydrogen) atoms. The number of carbonyl (C=O) groups excluding carboxylic acids is 1. The van der Waals surface area contributed by atoms with Crippen LogP contribution in [0.4, 0.5) is 0 Å². The minimum Gasteiger partial charge on any atom is -0.462 e. The number of hydrogen-bond donors (Lipinski definition) is 5. The Bertz CT molecular complexity index is 1350. The lowest BCUT2D eigenvalue weighted by Crippen LogP contribution is -2.65. The fourth-order valence-corrected chi connectivity index (χ4v) is 14.3. The summed E-state index contributed by atoms with van der Waals surface area (Å²) in [4.78, 5) is 12.9. The molecule has 8 fully saturated rings. The Morgan fingerprint density at radius 3 is 2.25 bits per heavy atom. The van der Waals surface area contributed by atoms with Crippen molar-refractivity contribution in [3.8, 4) is 0 Å². The van der Waals surface area contributed by atoms with Crippen LogP contribution in [0.3, 0.4) is 0 Å². The van der Waals surface area contributed by atoms with E-state index in [1.807, 2.05) is 0 Å². The normalized spacial score (nSPS) is 59.4. The molecule has 18 atom stereocenters. The number of ether oxygens (including phenoxy) is 5. The van der Waals surface area contributed by atoms with Crippen LogP contribution in [-0.4, -0.2) is 105 Å². The number of aliphatic hydroxyl groups is 5. The number of hydrogen-bond acceptors (Lipinski definition) is 11. The van der Waals surface area contributed by atoms with Crippen LogP contribution in [0.1, 0.15) is 100 Å². The van der Waals surface area contributed by atoms with Crippen LogP contribution >= 0.6 is 0 Å². The van der Waals surface area contributed by atoms with Gasteiger partial charge in [-0.3, -0.25) is 4.79 Å². The van der Waals surface area contributed by atoms with Crippen molar-refractivity contribution in [2.45, 2.75) is 167 Å². The van der Waals surface area contributed by atoms with Crippen LogP contribution in [0.2, 0.25) is 0 Å². The molecule has 2 bridgehead atoms. The largest absolute Gasteiger partial charge is 0.462 e. The van der Waals surface area contributed by atoms with Gasteiger partial charge in [-0.25, -0.2) is 0 Å². The standard InChI is InChI=1S/C37H58O11/c1-17-13-20-28(32(5,6)43)48-37(47-20)27(17)34(8)24(45-18(2)38)14-36-16-35(36)12-11-23(46-29-26(41)25(40)19(39)15-44-29)31(3,4)21(35)9-10-22(36)33(34,7)30(37)42/h17,19-30,39-43H,9-16H2,1-8H3/t17-,19+,20-,21+,22+,23+,24-,25+,26-,27-,28-,29+,30-,33-,34-,35-,36+,37+/m1/s1. The summed E-state index contributed by atoms with van der Waals surface area (Å²) in [5, 5.41) is 55.0. The van der Waals surface area contributed by atoms with Gasteiger partial charge in [0.05, 0.1) is 24.4 Å². The Hall–Kier alpha value is -0.890. The summed E-state index contributed by atoms with van der Waals surface area (Å²) >= 11 is 0. The number of fused-ring (bicyclic) bond motifs is 4. The van der Waals surface area contributed by atoms with Crippen LogP contribution in [-0.2, 0) is 28.5 Å². The number of rotatable bonds is 4. The SMILES string of the molecule is CC(=O)O[C@@H]1C[C@@]23C[C@@]24CC[C@H](O[C@@H]2OC[C@H](O)[C@H](O)[C@H]2O)C(C)(C)[C@@H]4CC[C@H]3[C@]2(C)[C@@H](O)[C@@]34O[C@@H](C(C)(C)O)[C@@H](C[C@@H](C)[C@@H]3[C@@]12C)O4. The summed E-state index contributed by atoms with van der Waals surface area (Å²) in [5.74, 6) is -1.33. The highest BCUT2D eigenvalue weighted by Gasteiger charge is 2.90. The van der Waals surface area contributed by atoms with E-state index in [1.54, 1.807) is 13.8 Å². The van der Waals surface area contributed by atoms with Crippen LogP contribution in [0.25, 0.3) is 0 Å². The molecular weight excluding hydrogens is 620 g/mol. The van der Waals surface area contributed by atoms with Crippen molar-refractivity contribution in [3.63, 3.8) is 0 Å². The average molecular weight is 679 g/mol. The van der Waals surface area contributed by atoms with Gasteiger partial charge in [0.2, 0.25) is 0 Å². The molecule has 0 radical (unpaired) electrons. The fraction of sp³-hybridized carbons (Fsp3) is 0.973. The highest BCUT2D eigenvalue weighted by atomic mass is 16.8. The summed E-state index contributed by atoms with van der Waals surface area (Å²) < 4.78 is 32.2. The number of carbonyl (C=O) groups is 1. The van der Waals surface area contributed by atoms with Crippen molar-refractivity contribution in [1.29, 1.82) is 0 Å². The van der Waals surface area contributed by atoms with Crippen molar-refractivity contribution < 1.29 is 54.0 Å². The van der Waals surface area contributed by atoms with Crippen molar-refractivity contribution in [1.82, 2.24) is 0 Å². The highest BCUT2D eigenvalue weighted by molar-refractivity contribution is 5.66. The van der Waals surface area contributed by atoms with Gasteiger partial charge in [-0.1, -0.05) is 34.6 Å². The first-order valence-electron chi connectivity index (χ1n) is 18.5. The van der Waals surface area contributed by atoms with Crippen molar-refractivity contribution in [2.24, 2.45) is 50.7 Å². The molecule has 11 nitrogen and oxygen atoms in total. The number of aliphatic hydroxyl groups excluding tert-OH is 4. The lowest BCUT2D eigenvalue weighted by atomic mass is 9.40. The molecule has 0 amide bonds. The smallest absolute Gasteiger partial charge is 0.302 e. The molecule has 3 saturated heterocycles. The molecule has 8 rings (SSSR count). The lowest BCUT2D eigenvalue weighted by Gasteiger charge is -2.65. The monoisotopic (exact) mass is 678 g/mol. The maximum absolute atomic E-state index is 12.9. The molecule has 3 heterocycles. The molecule has 5 aliphatic carbocycles. The Morgan fingerprint density at radius 1 is 0.896 bits per heavy atom. The van der Waals surface area contributed by atoms with Gasteiger partial charge in [0, 0.05) is 23.7 Å². The van der Waals surface area contributed by atoms with Crippen LogP contribution in [0.15, 0.2) is 0 Å². The average Bonchev–Trinajstić information content (AvgIpc) is 3.48. The van der Waals surface area contributed by atoms with Gasteiger partial charge < -0.3 is 49.2 Å². The Morgan fingerprint density at radius 2 is 1.58 bits per heavy atom. The summed E-state index contributed by atoms with van der Waals surface area (Å²) in [6.45, 7) is 16.0. The summed E-state index contributed by atoms with van der Waals surface area (Å²) in [5.41, 5.74) is -2.98. The Balaban J connectivity index is 1.16. The number of esters is 1. The van der Waals surface area contributed by atoms with Crippen LogP contribution in [0, 0.1) is 50.7 Å². The summed E-state index contributed by atoms with van der Waals surface area (Å²) in [6, 6.07) is 0. The molecule has 0 aromatic carbocycles. The van der Waals surface area contributed by atoms with Gasteiger partial charge in [-0.2, -0.15) is 0 Å². The topological polar surface area (TPSA) is 164 Å². The van der Waals surface area contributed by atoms with Gasteiger partial charge in [-0.05, 0) is 92.8 Å². The van der Waals surface area contributed by atoms with E-state index >= 15 is 0 Å². The van der Waals surface area contributed by atoms with E-state index in [2.05, 4.69) is 34.6 Å². The molecule has 3 aliphatic heterocycles. The molecule has 0 aromatic rings. The second-order valence-electron chi connectivity index (χ2n) is 18.9. The maximum Gasteiger partial charge on any atom is 0.302 e. The van der Waals surface area contributed by atoms with E-state index in [4.69, 9.17) is 23.7 Å². The van der Waals surface area contributed by atoms with E-state index in [9.17, 15) is 30.3 Å². The zero-order valence-corrected chi connectivity index (χ0v) is 29.8. The minimum absolute atomic E-state index is 0.0317. The van der Waals surface area contributed by atoms with Crippen molar-refractivity contribution in [3.05, 3.63) is 0 Å². The van der Waals surface area contributed by atoms with E-state index in [1.165, 1.54) is 6.92 Å². The summed E-state index contributed by atoms with van der Waals surface area (Å²) in [6.07, 6.45) is -1.55. The second-order valence-corrected chi connectivity index (χ2v) is 18.9. The first-order chi connectivity index (χ1) is 22.2. The molecule has 5 saturated carbocycles. The van der Waals surface area contributed by atoms with Crippen LogP contribution < -0.4 is 0 Å². The van der Waals surface area contributed by atoms with Gasteiger partial charge in [0.25, 0.3) is 0 Å². The third-order valence-corrected chi connectivity index (χ3v) is 16.2. The lowest BCUT2D eigenvalue weighted by molar-refractivity contribution is -0.304. The summed E-state index contributed by atoms with van der Waals surface area (Å²) in [7, 11) is 0. The molecule has 0 aromatic heterocycles. The van der Waals surface area contributed by atoms with Crippen molar-refractivity contribution in [2.75, 3.05) is 6.61 Å². The Labute approximate surface area is 284 Å². The minimum atomic E-state index is -1.34. The van der Waals surface area contributed by atoms with E-state index in [-0.39, 0.29) is 64.7 Å². The van der Waals surface area contributed by atoms with E-state index in [0.717, 1.165) is 38.5 Å². The molecule has 5 N–H and O–H groups in total. The van der Waals surface area contributed by atoms with Gasteiger partial charge in [-0.15, -0.1) is 0 Å². The third kappa shape index (κ3) is 3.90. The molecule has 272 valence electrons. The first kappa shape index (κ1) is 34.2. The van der Waals surface area contributed by atoms with Crippen LogP contribution in [0.5, 0.6) is 0 Å². The third-order valence-electron chi connectivity index (χ3n) is 16.2. The Kier molecular flexibility index (Phi) is 7.24. The molecular formula is C37H58O11. The molecule has 11 heteroatoms. The quantitative estimate of drug-likeness (QED) is 0.219. The van der Waals surface area contributed by atoms with Gasteiger partial charge in [0.1, 0.15) is 36.6 Å². The predicted molar refractivity (Wildman–Crippen MR) is 170 cm³/mol. The van der Waals surface area contributed by atoms with E-state index < -0.39 is 65.1 Å². The zero-order chi connectivity index (χ0) is 34.8. The van der Waals surface area contributed by atoms with Gasteiger partial charge >= 0.3 is 5.97 Å². The highest BCUT2D eigenvalue weighted by Crippen LogP contribution is 2.90. The first-order valence-corrected chi connectivity index (χ1v) is 18.5.